The van der Waals surface area contributed by atoms with E-state index in [2.05, 4.69) is 6.58 Å². The van der Waals surface area contributed by atoms with E-state index in [1.165, 1.54) is 4.90 Å². The zero-order valence-electron chi connectivity index (χ0n) is 7.93. The van der Waals surface area contributed by atoms with Crippen LogP contribution in [0.4, 0.5) is 0 Å². The number of carbonyl (C=O) groups is 1. The molecule has 1 aliphatic heterocycles. The Balaban J connectivity index is 2.47. The standard InChI is InChI=1S/C11H11NO2/c1-3-10-12(2)11(13)8-6-4-5-7-9(8)14-10/h3-7,10H,1H2,2H3. The third-order valence-electron chi connectivity index (χ3n) is 2.27. The van der Waals surface area contributed by atoms with Gasteiger partial charge in [0.05, 0.1) is 5.56 Å². The first-order valence-electron chi connectivity index (χ1n) is 4.39. The molecule has 0 N–H and O–H groups in total. The van der Waals surface area contributed by atoms with Crippen molar-refractivity contribution in [1.82, 2.24) is 4.90 Å². The van der Waals surface area contributed by atoms with Gasteiger partial charge in [0.25, 0.3) is 5.91 Å². The Labute approximate surface area is 82.6 Å². The van der Waals surface area contributed by atoms with E-state index in [0.717, 1.165) is 0 Å². The normalized spacial score (nSPS) is 19.9. The fourth-order valence-corrected chi connectivity index (χ4v) is 1.47. The van der Waals surface area contributed by atoms with Gasteiger partial charge >= 0.3 is 0 Å². The Hall–Kier alpha value is -1.77. The average Bonchev–Trinajstić information content (AvgIpc) is 2.23. The van der Waals surface area contributed by atoms with Crippen molar-refractivity contribution >= 4 is 5.91 Å². The second-order valence-electron chi connectivity index (χ2n) is 3.16. The number of likely N-dealkylation sites (N-methyl/N-ethyl adjacent to an activating group) is 1. The highest BCUT2D eigenvalue weighted by atomic mass is 16.5. The van der Waals surface area contributed by atoms with Crippen molar-refractivity contribution in [2.24, 2.45) is 0 Å². The summed E-state index contributed by atoms with van der Waals surface area (Å²) in [5, 5.41) is 0. The number of carbonyl (C=O) groups excluding carboxylic acids is 1. The minimum absolute atomic E-state index is 0.0308. The number of nitrogens with zero attached hydrogens (tertiary/aromatic N) is 1. The summed E-state index contributed by atoms with van der Waals surface area (Å²) in [5.41, 5.74) is 0.605. The second-order valence-corrected chi connectivity index (χ2v) is 3.16. The molecule has 3 heteroatoms. The number of hydrogen-bond donors (Lipinski definition) is 0. The molecule has 1 aliphatic rings. The van der Waals surface area contributed by atoms with Gasteiger partial charge in [0.2, 0.25) is 0 Å². The molecule has 1 atom stereocenters. The first-order valence-corrected chi connectivity index (χ1v) is 4.39. The summed E-state index contributed by atoms with van der Waals surface area (Å²) in [4.78, 5) is 13.3. The quantitative estimate of drug-likeness (QED) is 0.629. The molecule has 1 unspecified atom stereocenters. The zero-order valence-corrected chi connectivity index (χ0v) is 7.93. The summed E-state index contributed by atoms with van der Waals surface area (Å²) in [7, 11) is 1.70. The number of amides is 1. The third kappa shape index (κ3) is 1.18. The van der Waals surface area contributed by atoms with Gasteiger partial charge in [-0.15, -0.1) is 0 Å². The largest absolute Gasteiger partial charge is 0.466 e. The number of para-hydroxylation sites is 1. The summed E-state index contributed by atoms with van der Waals surface area (Å²) in [6.45, 7) is 3.62. The van der Waals surface area contributed by atoms with Crippen LogP contribution in [0, 0.1) is 0 Å². The lowest BCUT2D eigenvalue weighted by molar-refractivity contribution is 0.0398. The van der Waals surface area contributed by atoms with Crippen LogP contribution < -0.4 is 4.74 Å². The lowest BCUT2D eigenvalue weighted by Crippen LogP contribution is -2.43. The molecule has 1 aromatic carbocycles. The molecule has 0 bridgehead atoms. The van der Waals surface area contributed by atoms with Crippen LogP contribution in [0.1, 0.15) is 10.4 Å². The van der Waals surface area contributed by atoms with Gasteiger partial charge in [-0.3, -0.25) is 4.79 Å². The Morgan fingerprint density at radius 2 is 2.21 bits per heavy atom. The van der Waals surface area contributed by atoms with E-state index in [4.69, 9.17) is 4.74 Å². The molecule has 0 saturated heterocycles. The predicted octanol–water partition coefficient (Wildman–Crippen LogP) is 1.66. The monoisotopic (exact) mass is 189 g/mol. The number of benzene rings is 1. The molecule has 0 fully saturated rings. The molecule has 1 heterocycles. The fourth-order valence-electron chi connectivity index (χ4n) is 1.47. The van der Waals surface area contributed by atoms with Crippen LogP contribution in [-0.2, 0) is 0 Å². The highest BCUT2D eigenvalue weighted by molar-refractivity contribution is 5.97. The Kier molecular flexibility index (Phi) is 2.00. The van der Waals surface area contributed by atoms with Crippen molar-refractivity contribution in [3.8, 4) is 5.75 Å². The lowest BCUT2D eigenvalue weighted by Gasteiger charge is -2.31. The second kappa shape index (κ2) is 3.18. The van der Waals surface area contributed by atoms with E-state index < -0.39 is 0 Å². The molecule has 0 aromatic heterocycles. The van der Waals surface area contributed by atoms with Gasteiger partial charge in [-0.05, 0) is 18.2 Å². The van der Waals surface area contributed by atoms with Crippen LogP contribution in [0.3, 0.4) is 0 Å². The molecule has 0 aliphatic carbocycles. The van der Waals surface area contributed by atoms with Gasteiger partial charge in [0.15, 0.2) is 6.23 Å². The maximum atomic E-state index is 11.8. The van der Waals surface area contributed by atoms with E-state index in [0.29, 0.717) is 11.3 Å². The van der Waals surface area contributed by atoms with Gasteiger partial charge in [-0.25, -0.2) is 0 Å². The number of hydrogen-bond acceptors (Lipinski definition) is 2. The Bertz CT molecular complexity index is 387. The first kappa shape index (κ1) is 8.81. The number of rotatable bonds is 1. The highest BCUT2D eigenvalue weighted by Gasteiger charge is 2.28. The Morgan fingerprint density at radius 3 is 2.93 bits per heavy atom. The van der Waals surface area contributed by atoms with Crippen LogP contribution in [0.5, 0.6) is 5.75 Å². The van der Waals surface area contributed by atoms with Gasteiger partial charge in [0, 0.05) is 7.05 Å². The molecular weight excluding hydrogens is 178 g/mol. The van der Waals surface area contributed by atoms with Gasteiger partial charge in [-0.1, -0.05) is 18.7 Å². The maximum absolute atomic E-state index is 11.8. The molecule has 14 heavy (non-hydrogen) atoms. The van der Waals surface area contributed by atoms with E-state index >= 15 is 0 Å². The van der Waals surface area contributed by atoms with Gasteiger partial charge in [-0.2, -0.15) is 0 Å². The summed E-state index contributed by atoms with van der Waals surface area (Å²) >= 11 is 0. The van der Waals surface area contributed by atoms with Crippen molar-refractivity contribution in [3.05, 3.63) is 42.5 Å². The zero-order chi connectivity index (χ0) is 10.1. The lowest BCUT2D eigenvalue weighted by atomic mass is 10.1. The SMILES string of the molecule is C=CC1Oc2ccccc2C(=O)N1C. The molecular formula is C11H11NO2. The third-order valence-corrected chi connectivity index (χ3v) is 2.27. The topological polar surface area (TPSA) is 29.5 Å². The molecule has 0 saturated carbocycles. The van der Waals surface area contributed by atoms with E-state index in [-0.39, 0.29) is 12.1 Å². The van der Waals surface area contributed by atoms with Crippen molar-refractivity contribution in [3.63, 3.8) is 0 Å². The van der Waals surface area contributed by atoms with Crippen molar-refractivity contribution in [2.45, 2.75) is 6.23 Å². The molecule has 3 nitrogen and oxygen atoms in total. The molecule has 0 spiro atoms. The number of fused-ring (bicyclic) bond motifs is 1. The summed E-state index contributed by atoms with van der Waals surface area (Å²) in [6, 6.07) is 7.21. The van der Waals surface area contributed by atoms with Crippen molar-refractivity contribution < 1.29 is 9.53 Å². The van der Waals surface area contributed by atoms with Gasteiger partial charge in [0.1, 0.15) is 5.75 Å². The van der Waals surface area contributed by atoms with E-state index in [1.54, 1.807) is 25.3 Å². The predicted molar refractivity (Wildman–Crippen MR) is 53.1 cm³/mol. The summed E-state index contributed by atoms with van der Waals surface area (Å²) in [5.74, 6) is 0.595. The minimum Gasteiger partial charge on any atom is -0.466 e. The van der Waals surface area contributed by atoms with Crippen LogP contribution >= 0.6 is 0 Å². The molecule has 0 radical (unpaired) electrons. The summed E-state index contributed by atoms with van der Waals surface area (Å²) < 4.78 is 5.55. The minimum atomic E-state index is -0.364. The highest BCUT2D eigenvalue weighted by Crippen LogP contribution is 2.26. The van der Waals surface area contributed by atoms with Crippen LogP contribution in [0.2, 0.25) is 0 Å². The van der Waals surface area contributed by atoms with Crippen LogP contribution in [-0.4, -0.2) is 24.1 Å². The maximum Gasteiger partial charge on any atom is 0.260 e. The van der Waals surface area contributed by atoms with E-state index in [1.807, 2.05) is 12.1 Å². The Morgan fingerprint density at radius 1 is 1.50 bits per heavy atom. The molecule has 1 aromatic rings. The smallest absolute Gasteiger partial charge is 0.260 e. The summed E-state index contributed by atoms with van der Waals surface area (Å²) in [6.07, 6.45) is 1.24. The first-order chi connectivity index (χ1) is 6.74. The van der Waals surface area contributed by atoms with Crippen molar-refractivity contribution in [2.75, 3.05) is 7.05 Å². The van der Waals surface area contributed by atoms with E-state index in [9.17, 15) is 4.79 Å². The van der Waals surface area contributed by atoms with Crippen molar-refractivity contribution in [1.29, 1.82) is 0 Å². The average molecular weight is 189 g/mol. The fraction of sp³-hybridized carbons (Fsp3) is 0.182. The number of ether oxygens (including phenoxy) is 1. The molecule has 72 valence electrons. The van der Waals surface area contributed by atoms with Crippen LogP contribution in [0.25, 0.3) is 0 Å². The molecule has 2 rings (SSSR count). The van der Waals surface area contributed by atoms with Gasteiger partial charge < -0.3 is 9.64 Å². The van der Waals surface area contributed by atoms with Crippen LogP contribution in [0.15, 0.2) is 36.9 Å². The molecule has 1 amide bonds.